The highest BCUT2D eigenvalue weighted by atomic mass is 32.1. The minimum absolute atomic E-state index is 0.0563. The van der Waals surface area contributed by atoms with Crippen molar-refractivity contribution in [2.75, 3.05) is 19.0 Å². The molecule has 0 rings (SSSR count). The van der Waals surface area contributed by atoms with Crippen LogP contribution in [0.25, 0.3) is 0 Å². The van der Waals surface area contributed by atoms with Crippen molar-refractivity contribution >= 4 is 20.5 Å². The van der Waals surface area contributed by atoms with Gasteiger partial charge >= 0.3 is 0 Å². The fraction of sp³-hybridized carbons (Fsp3) is 1.00. The summed E-state index contributed by atoms with van der Waals surface area (Å²) in [5.74, 6) is 0.698. The summed E-state index contributed by atoms with van der Waals surface area (Å²) in [6.45, 7) is 2.49. The fourth-order valence-corrected chi connectivity index (χ4v) is 0.459. The van der Waals surface area contributed by atoms with Crippen LogP contribution in [0.3, 0.4) is 0 Å². The van der Waals surface area contributed by atoms with E-state index in [2.05, 4.69) is 12.6 Å². The lowest BCUT2D eigenvalue weighted by Crippen LogP contribution is -2.34. The topological polar surface area (TPSA) is 29.5 Å². The molecule has 1 N–H and O–H groups in total. The molecule has 9 heavy (non-hydrogen) atoms. The molecule has 0 aromatic carbocycles. The van der Waals surface area contributed by atoms with Crippen molar-refractivity contribution < 1.29 is 9.84 Å². The second-order valence-electron chi connectivity index (χ2n) is 2.49. The van der Waals surface area contributed by atoms with Gasteiger partial charge in [0.15, 0.2) is 0 Å². The van der Waals surface area contributed by atoms with Gasteiger partial charge < -0.3 is 9.84 Å². The van der Waals surface area contributed by atoms with Crippen molar-refractivity contribution in [1.29, 1.82) is 0 Å². The van der Waals surface area contributed by atoms with Gasteiger partial charge in [-0.3, -0.25) is 0 Å². The smallest absolute Gasteiger partial charge is 0.145 e. The van der Waals surface area contributed by atoms with Crippen LogP contribution in [-0.4, -0.2) is 37.4 Å². The fourth-order valence-electron chi connectivity index (χ4n) is 0.368. The van der Waals surface area contributed by atoms with Gasteiger partial charge in [0.25, 0.3) is 0 Å². The molecule has 0 bridgehead atoms. The molecule has 0 heterocycles. The Morgan fingerprint density at radius 2 is 2.33 bits per heavy atom. The van der Waals surface area contributed by atoms with Crippen molar-refractivity contribution in [2.45, 2.75) is 12.4 Å². The van der Waals surface area contributed by atoms with Crippen LogP contribution < -0.4 is 0 Å². The zero-order chi connectivity index (χ0) is 7.33. The summed E-state index contributed by atoms with van der Waals surface area (Å²) in [5, 5.41) is 8.67. The lowest BCUT2D eigenvalue weighted by atomic mass is 9.84. The SMILES string of the molecule is BC(C)(CO)OCCS. The van der Waals surface area contributed by atoms with Gasteiger partial charge in [-0.05, 0) is 6.92 Å². The van der Waals surface area contributed by atoms with E-state index in [1.165, 1.54) is 0 Å². The first-order chi connectivity index (χ1) is 4.12. The van der Waals surface area contributed by atoms with Crippen molar-refractivity contribution in [2.24, 2.45) is 0 Å². The van der Waals surface area contributed by atoms with Crippen molar-refractivity contribution in [3.63, 3.8) is 0 Å². The first-order valence-electron chi connectivity index (χ1n) is 2.98. The third-order valence-corrected chi connectivity index (χ3v) is 1.15. The quantitative estimate of drug-likeness (QED) is 0.406. The van der Waals surface area contributed by atoms with Crippen LogP contribution in [-0.2, 0) is 4.74 Å². The molecule has 0 saturated carbocycles. The summed E-state index contributed by atoms with van der Waals surface area (Å²) in [6.07, 6.45) is 0. The molecule has 0 aromatic heterocycles. The number of ether oxygens (including phenoxy) is 1. The highest BCUT2D eigenvalue weighted by Crippen LogP contribution is 2.01. The van der Waals surface area contributed by atoms with E-state index in [0.29, 0.717) is 12.4 Å². The van der Waals surface area contributed by atoms with E-state index in [0.717, 1.165) is 0 Å². The van der Waals surface area contributed by atoms with Gasteiger partial charge in [0.1, 0.15) is 7.85 Å². The first-order valence-corrected chi connectivity index (χ1v) is 3.61. The van der Waals surface area contributed by atoms with Crippen LogP contribution in [0, 0.1) is 0 Å². The van der Waals surface area contributed by atoms with E-state index in [4.69, 9.17) is 9.84 Å². The Morgan fingerprint density at radius 3 is 2.67 bits per heavy atom. The zero-order valence-corrected chi connectivity index (χ0v) is 6.82. The molecule has 0 radical (unpaired) electrons. The van der Waals surface area contributed by atoms with Gasteiger partial charge in [-0.15, -0.1) is 0 Å². The van der Waals surface area contributed by atoms with Gasteiger partial charge in [0, 0.05) is 5.75 Å². The molecule has 2 nitrogen and oxygen atoms in total. The molecule has 4 heteroatoms. The van der Waals surface area contributed by atoms with Crippen LogP contribution in [0.5, 0.6) is 0 Å². The minimum atomic E-state index is -0.400. The van der Waals surface area contributed by atoms with Crippen molar-refractivity contribution in [1.82, 2.24) is 0 Å². The molecule has 1 atom stereocenters. The van der Waals surface area contributed by atoms with E-state index in [1.807, 2.05) is 14.8 Å². The Morgan fingerprint density at radius 1 is 1.78 bits per heavy atom. The maximum absolute atomic E-state index is 8.67. The van der Waals surface area contributed by atoms with E-state index in [9.17, 15) is 0 Å². The summed E-state index contributed by atoms with van der Waals surface area (Å²) in [4.78, 5) is 0. The van der Waals surface area contributed by atoms with Crippen LogP contribution in [0.2, 0.25) is 0 Å². The highest BCUT2D eigenvalue weighted by molar-refractivity contribution is 7.80. The molecule has 0 aliphatic heterocycles. The Hall–Kier alpha value is 0.335. The van der Waals surface area contributed by atoms with Crippen molar-refractivity contribution in [3.05, 3.63) is 0 Å². The number of rotatable bonds is 4. The largest absolute Gasteiger partial charge is 0.394 e. The third kappa shape index (κ3) is 4.81. The molecule has 54 valence electrons. The average Bonchev–Trinajstić information content (AvgIpc) is 1.84. The summed E-state index contributed by atoms with van der Waals surface area (Å²) < 4.78 is 5.20. The van der Waals surface area contributed by atoms with Gasteiger partial charge in [-0.25, -0.2) is 0 Å². The van der Waals surface area contributed by atoms with Gasteiger partial charge in [-0.2, -0.15) is 12.6 Å². The first kappa shape index (κ1) is 9.33. The lowest BCUT2D eigenvalue weighted by molar-refractivity contribution is 0.000891. The Balaban J connectivity index is 3.33. The van der Waals surface area contributed by atoms with Gasteiger partial charge in [0.2, 0.25) is 0 Å². The standard InChI is InChI=1S/C5H13BO2S/c1-5(6,4-7)8-2-3-9/h7,9H,2-4,6H2,1H3. The molecule has 0 aromatic rings. The molecule has 0 fully saturated rings. The van der Waals surface area contributed by atoms with Gasteiger partial charge in [0.05, 0.1) is 18.7 Å². The molecule has 1 unspecified atom stereocenters. The Labute approximate surface area is 62.4 Å². The maximum Gasteiger partial charge on any atom is 0.145 e. The van der Waals surface area contributed by atoms with E-state index in [-0.39, 0.29) is 6.61 Å². The Bertz CT molecular complexity index is 77.4. The summed E-state index contributed by atoms with van der Waals surface area (Å²) >= 11 is 3.96. The minimum Gasteiger partial charge on any atom is -0.394 e. The number of hydrogen-bond donors (Lipinski definition) is 2. The van der Waals surface area contributed by atoms with E-state index >= 15 is 0 Å². The third-order valence-electron chi connectivity index (χ3n) is 0.965. The normalized spacial score (nSPS) is 17.2. The van der Waals surface area contributed by atoms with Crippen LogP contribution >= 0.6 is 12.6 Å². The molecular formula is C5H13BO2S. The second kappa shape index (κ2) is 4.20. The van der Waals surface area contributed by atoms with Crippen LogP contribution in [0.15, 0.2) is 0 Å². The molecule has 0 saturated heterocycles. The molecule has 0 aliphatic rings. The average molecular weight is 148 g/mol. The maximum atomic E-state index is 8.67. The monoisotopic (exact) mass is 148 g/mol. The summed E-state index contributed by atoms with van der Waals surface area (Å²) in [7, 11) is 1.84. The van der Waals surface area contributed by atoms with Crippen LogP contribution in [0.4, 0.5) is 0 Å². The predicted octanol–water partition coefficient (Wildman–Crippen LogP) is -0.726. The molecular weight excluding hydrogens is 135 g/mol. The lowest BCUT2D eigenvalue weighted by Gasteiger charge is -2.21. The molecule has 0 amide bonds. The Kier molecular flexibility index (Phi) is 4.35. The second-order valence-corrected chi connectivity index (χ2v) is 2.94. The summed E-state index contributed by atoms with van der Waals surface area (Å²) in [5.41, 5.74) is -0.400. The summed E-state index contributed by atoms with van der Waals surface area (Å²) in [6, 6.07) is 0. The highest BCUT2D eigenvalue weighted by Gasteiger charge is 2.15. The molecule has 0 spiro atoms. The van der Waals surface area contributed by atoms with Crippen molar-refractivity contribution in [3.8, 4) is 0 Å². The van der Waals surface area contributed by atoms with Gasteiger partial charge in [-0.1, -0.05) is 0 Å². The van der Waals surface area contributed by atoms with E-state index < -0.39 is 5.50 Å². The predicted molar refractivity (Wildman–Crippen MR) is 43.8 cm³/mol. The number of aliphatic hydroxyl groups is 1. The number of thiol groups is 1. The number of aliphatic hydroxyl groups excluding tert-OH is 1. The van der Waals surface area contributed by atoms with Crippen LogP contribution in [0.1, 0.15) is 6.92 Å². The number of hydrogen-bond acceptors (Lipinski definition) is 3. The van der Waals surface area contributed by atoms with E-state index in [1.54, 1.807) is 0 Å². The molecule has 0 aliphatic carbocycles. The zero-order valence-electron chi connectivity index (χ0n) is 5.92.